The SMILES string of the molecule is Cc1ccc(C)c(-n2c(C)cc(C=C3C(=N)N4N=C(C5CCCCC5)SC4=NC3=O)c2C)c1. The Morgan fingerprint density at radius 3 is 2.61 bits per heavy atom. The van der Waals surface area contributed by atoms with Crippen LogP contribution >= 0.6 is 11.8 Å². The quantitative estimate of drug-likeness (QED) is 0.580. The molecule has 2 aromatic rings. The molecule has 1 N–H and O–H groups in total. The number of hydrogen-bond acceptors (Lipinski definition) is 4. The number of hydrazone groups is 1. The second-order valence-electron chi connectivity index (χ2n) is 9.25. The maximum atomic E-state index is 12.9. The van der Waals surface area contributed by atoms with Crippen LogP contribution in [-0.4, -0.2) is 31.5 Å². The topological polar surface area (TPSA) is 73.8 Å². The molecule has 1 fully saturated rings. The van der Waals surface area contributed by atoms with Crippen LogP contribution in [0.2, 0.25) is 0 Å². The molecule has 33 heavy (non-hydrogen) atoms. The van der Waals surface area contributed by atoms with Gasteiger partial charge in [-0.05, 0) is 87.2 Å². The van der Waals surface area contributed by atoms with Gasteiger partial charge < -0.3 is 4.57 Å². The number of nitrogens with one attached hydrogen (secondary N) is 1. The fourth-order valence-electron chi connectivity index (χ4n) is 4.94. The Hall–Kier alpha value is -2.93. The standard InChI is InChI=1S/C26H29N5OS/c1-15-10-11-16(2)22(12-15)30-17(3)13-20(18(30)4)14-21-23(27)31-26(28-24(21)32)33-25(29-31)19-8-6-5-7-9-19/h10-14,19,27H,5-9H2,1-4H3. The highest BCUT2D eigenvalue weighted by Crippen LogP contribution is 2.36. The molecule has 3 heterocycles. The molecule has 0 bridgehead atoms. The largest absolute Gasteiger partial charge is 0.318 e. The molecule has 0 radical (unpaired) electrons. The minimum atomic E-state index is -0.365. The molecule has 0 saturated heterocycles. The lowest BCUT2D eigenvalue weighted by Crippen LogP contribution is -2.35. The van der Waals surface area contributed by atoms with Crippen molar-refractivity contribution in [2.75, 3.05) is 0 Å². The molecule has 1 amide bonds. The third kappa shape index (κ3) is 3.88. The summed E-state index contributed by atoms with van der Waals surface area (Å²) in [4.78, 5) is 17.2. The summed E-state index contributed by atoms with van der Waals surface area (Å²) in [5, 5.41) is 16.5. The molecule has 7 heteroatoms. The van der Waals surface area contributed by atoms with Gasteiger partial charge in [0, 0.05) is 23.0 Å². The summed E-state index contributed by atoms with van der Waals surface area (Å²) in [6, 6.07) is 8.49. The van der Waals surface area contributed by atoms with Crippen molar-refractivity contribution in [3.8, 4) is 5.69 Å². The van der Waals surface area contributed by atoms with E-state index in [0.717, 1.165) is 40.5 Å². The Balaban J connectivity index is 1.49. The zero-order chi connectivity index (χ0) is 23.3. The molecule has 0 atom stereocenters. The van der Waals surface area contributed by atoms with Crippen molar-refractivity contribution in [2.45, 2.75) is 59.8 Å². The number of hydrogen-bond donors (Lipinski definition) is 1. The number of nitrogens with zero attached hydrogens (tertiary/aromatic N) is 4. The summed E-state index contributed by atoms with van der Waals surface area (Å²) in [7, 11) is 0. The van der Waals surface area contributed by atoms with Crippen LogP contribution in [0.3, 0.4) is 0 Å². The van der Waals surface area contributed by atoms with Crippen LogP contribution in [0.15, 0.2) is 39.9 Å². The lowest BCUT2D eigenvalue weighted by molar-refractivity contribution is -0.114. The predicted molar refractivity (Wildman–Crippen MR) is 136 cm³/mol. The van der Waals surface area contributed by atoms with Crippen LogP contribution in [-0.2, 0) is 4.79 Å². The minimum Gasteiger partial charge on any atom is -0.318 e. The Labute approximate surface area is 199 Å². The van der Waals surface area contributed by atoms with E-state index in [1.54, 1.807) is 11.1 Å². The average Bonchev–Trinajstić information content (AvgIpc) is 3.34. The molecule has 170 valence electrons. The van der Waals surface area contributed by atoms with Crippen LogP contribution in [0.1, 0.15) is 60.2 Å². The number of aryl methyl sites for hydroxylation is 3. The molecule has 1 aromatic carbocycles. The van der Waals surface area contributed by atoms with Gasteiger partial charge in [0.2, 0.25) is 5.17 Å². The first-order valence-electron chi connectivity index (χ1n) is 11.6. The third-order valence-corrected chi connectivity index (χ3v) is 7.87. The number of benzene rings is 1. The lowest BCUT2D eigenvalue weighted by atomic mass is 9.90. The van der Waals surface area contributed by atoms with E-state index in [9.17, 15) is 4.79 Å². The summed E-state index contributed by atoms with van der Waals surface area (Å²) >= 11 is 1.46. The number of amides is 1. The van der Waals surface area contributed by atoms with Crippen molar-refractivity contribution in [3.05, 3.63) is 57.9 Å². The average molecular weight is 460 g/mol. The van der Waals surface area contributed by atoms with Crippen molar-refractivity contribution < 1.29 is 4.79 Å². The maximum Gasteiger partial charge on any atom is 0.283 e. The number of aliphatic imine (C=N–C) groups is 1. The predicted octanol–water partition coefficient (Wildman–Crippen LogP) is 5.91. The molecular formula is C26H29N5OS. The third-order valence-electron chi connectivity index (χ3n) is 6.80. The van der Waals surface area contributed by atoms with E-state index in [0.29, 0.717) is 11.1 Å². The van der Waals surface area contributed by atoms with Gasteiger partial charge in [-0.2, -0.15) is 15.1 Å². The van der Waals surface area contributed by atoms with Crippen LogP contribution in [0.5, 0.6) is 0 Å². The van der Waals surface area contributed by atoms with E-state index >= 15 is 0 Å². The molecule has 5 rings (SSSR count). The molecule has 2 aliphatic heterocycles. The van der Waals surface area contributed by atoms with Crippen molar-refractivity contribution in [2.24, 2.45) is 16.0 Å². The summed E-state index contributed by atoms with van der Waals surface area (Å²) in [5.74, 6) is 0.166. The molecule has 3 aliphatic rings. The van der Waals surface area contributed by atoms with Crippen LogP contribution in [0.25, 0.3) is 11.8 Å². The van der Waals surface area contributed by atoms with Gasteiger partial charge in [0.1, 0.15) is 5.04 Å². The summed E-state index contributed by atoms with van der Waals surface area (Å²) in [6.07, 6.45) is 7.76. The minimum absolute atomic E-state index is 0.111. The van der Waals surface area contributed by atoms with Crippen molar-refractivity contribution in [1.29, 1.82) is 5.41 Å². The Bertz CT molecular complexity index is 1260. The fourth-order valence-corrected chi connectivity index (χ4v) is 6.00. The fraction of sp³-hybridized carbons (Fsp3) is 0.385. The summed E-state index contributed by atoms with van der Waals surface area (Å²) in [6.45, 7) is 8.32. The van der Waals surface area contributed by atoms with Gasteiger partial charge >= 0.3 is 0 Å². The first-order chi connectivity index (χ1) is 15.8. The number of aromatic nitrogens is 1. The summed E-state index contributed by atoms with van der Waals surface area (Å²) < 4.78 is 2.21. The highest BCUT2D eigenvalue weighted by Gasteiger charge is 2.38. The molecule has 1 aromatic heterocycles. The van der Waals surface area contributed by atoms with Gasteiger partial charge in [0.15, 0.2) is 5.84 Å². The maximum absolute atomic E-state index is 12.9. The zero-order valence-electron chi connectivity index (χ0n) is 19.6. The Kier molecular flexibility index (Phi) is 5.60. The van der Waals surface area contributed by atoms with E-state index in [2.05, 4.69) is 61.5 Å². The van der Waals surface area contributed by atoms with Gasteiger partial charge in [0.25, 0.3) is 5.91 Å². The molecule has 1 aliphatic carbocycles. The summed E-state index contributed by atoms with van der Waals surface area (Å²) in [5.41, 5.74) is 6.85. The van der Waals surface area contributed by atoms with Gasteiger partial charge in [-0.15, -0.1) is 0 Å². The number of amidine groups is 2. The number of fused-ring (bicyclic) bond motifs is 1. The molecule has 6 nitrogen and oxygen atoms in total. The highest BCUT2D eigenvalue weighted by atomic mass is 32.2. The first kappa shape index (κ1) is 21.9. The lowest BCUT2D eigenvalue weighted by Gasteiger charge is -2.20. The second kappa shape index (κ2) is 8.45. The van der Waals surface area contributed by atoms with Crippen molar-refractivity contribution in [3.63, 3.8) is 0 Å². The van der Waals surface area contributed by atoms with E-state index in [-0.39, 0.29) is 17.3 Å². The normalized spacial score (nSPS) is 20.4. The smallest absolute Gasteiger partial charge is 0.283 e. The van der Waals surface area contributed by atoms with E-state index in [1.165, 1.54) is 42.2 Å². The highest BCUT2D eigenvalue weighted by molar-refractivity contribution is 8.27. The zero-order valence-corrected chi connectivity index (χ0v) is 20.4. The van der Waals surface area contributed by atoms with Crippen molar-refractivity contribution in [1.82, 2.24) is 9.58 Å². The van der Waals surface area contributed by atoms with Gasteiger partial charge in [0.05, 0.1) is 5.57 Å². The number of carbonyl (C=O) groups is 1. The molecule has 1 saturated carbocycles. The molecular weight excluding hydrogens is 430 g/mol. The number of rotatable bonds is 3. The molecule has 0 unspecified atom stereocenters. The Morgan fingerprint density at radius 2 is 1.85 bits per heavy atom. The van der Waals surface area contributed by atoms with E-state index < -0.39 is 0 Å². The van der Waals surface area contributed by atoms with E-state index in [4.69, 9.17) is 10.5 Å². The monoisotopic (exact) mass is 459 g/mol. The van der Waals surface area contributed by atoms with Crippen molar-refractivity contribution >= 4 is 39.8 Å². The first-order valence-corrected chi connectivity index (χ1v) is 12.4. The van der Waals surface area contributed by atoms with Gasteiger partial charge in [-0.1, -0.05) is 31.4 Å². The number of carbonyl (C=O) groups excluding carboxylic acids is 1. The van der Waals surface area contributed by atoms with Crippen LogP contribution < -0.4 is 0 Å². The Morgan fingerprint density at radius 1 is 1.09 bits per heavy atom. The van der Waals surface area contributed by atoms with Crippen LogP contribution in [0, 0.1) is 39.0 Å². The van der Waals surface area contributed by atoms with Gasteiger partial charge in [-0.25, -0.2) is 0 Å². The number of thioether (sulfide) groups is 1. The van der Waals surface area contributed by atoms with E-state index in [1.807, 2.05) is 0 Å². The second-order valence-corrected chi connectivity index (χ2v) is 10.2. The van der Waals surface area contributed by atoms with Gasteiger partial charge in [-0.3, -0.25) is 10.2 Å². The van der Waals surface area contributed by atoms with Crippen LogP contribution in [0.4, 0.5) is 0 Å². The molecule has 0 spiro atoms.